The summed E-state index contributed by atoms with van der Waals surface area (Å²) >= 11 is 0. The molecule has 5 nitrogen and oxygen atoms in total. The maximum atomic E-state index is 5.42. The van der Waals surface area contributed by atoms with Crippen molar-refractivity contribution < 1.29 is 4.52 Å². The molecule has 0 radical (unpaired) electrons. The molecule has 2 aromatic heterocycles. The summed E-state index contributed by atoms with van der Waals surface area (Å²) in [5.74, 6) is 1.33. The highest BCUT2D eigenvalue weighted by Gasteiger charge is 2.32. The highest BCUT2D eigenvalue weighted by molar-refractivity contribution is 5.51. The molecule has 2 heterocycles. The lowest BCUT2D eigenvalue weighted by molar-refractivity contribution is 0.221. The molecule has 1 saturated carbocycles. The van der Waals surface area contributed by atoms with Gasteiger partial charge in [-0.05, 0) is 32.0 Å². The molecule has 0 atom stereocenters. The molecule has 0 aliphatic heterocycles. The number of hydrogen-bond donors (Lipinski definition) is 1. The summed E-state index contributed by atoms with van der Waals surface area (Å²) in [5, 5.41) is 7.54. The fourth-order valence-electron chi connectivity index (χ4n) is 2.97. The normalized spacial score (nSPS) is 18.1. The summed E-state index contributed by atoms with van der Waals surface area (Å²) in [6.45, 7) is 0. The van der Waals surface area contributed by atoms with Crippen molar-refractivity contribution in [1.82, 2.24) is 20.4 Å². The fourth-order valence-corrected chi connectivity index (χ4v) is 2.97. The van der Waals surface area contributed by atoms with Gasteiger partial charge in [0.15, 0.2) is 0 Å². The summed E-state index contributed by atoms with van der Waals surface area (Å²) < 4.78 is 5.42. The van der Waals surface area contributed by atoms with E-state index in [9.17, 15) is 0 Å². The van der Waals surface area contributed by atoms with Gasteiger partial charge in [0.2, 0.25) is 11.7 Å². The van der Waals surface area contributed by atoms with E-state index in [0.717, 1.165) is 12.0 Å². The van der Waals surface area contributed by atoms with E-state index in [1.807, 2.05) is 19.2 Å². The van der Waals surface area contributed by atoms with Gasteiger partial charge < -0.3 is 9.84 Å². The zero-order valence-corrected chi connectivity index (χ0v) is 11.8. The molecule has 0 amide bonds. The molecule has 2 aromatic rings. The van der Waals surface area contributed by atoms with Crippen LogP contribution in [-0.4, -0.2) is 27.7 Å². The number of aromatic nitrogens is 3. The van der Waals surface area contributed by atoms with Crippen LogP contribution in [0.25, 0.3) is 11.4 Å². The molecule has 1 N–H and O–H groups in total. The summed E-state index contributed by atoms with van der Waals surface area (Å²) in [7, 11) is 2.03. The van der Waals surface area contributed by atoms with Crippen LogP contribution in [0.5, 0.6) is 0 Å². The number of pyridine rings is 1. The minimum absolute atomic E-state index is 0.122. The maximum Gasteiger partial charge on any atom is 0.228 e. The Morgan fingerprint density at radius 1 is 1.30 bits per heavy atom. The Bertz CT molecular complexity index is 546. The Hall–Kier alpha value is -1.75. The Balaban J connectivity index is 1.77. The number of nitrogens with zero attached hydrogens (tertiary/aromatic N) is 3. The van der Waals surface area contributed by atoms with Crippen LogP contribution in [0.1, 0.15) is 38.0 Å². The van der Waals surface area contributed by atoms with Crippen LogP contribution >= 0.6 is 0 Å². The molecular weight excluding hydrogens is 252 g/mol. The smallest absolute Gasteiger partial charge is 0.228 e. The predicted molar refractivity (Wildman–Crippen MR) is 76.1 cm³/mol. The van der Waals surface area contributed by atoms with E-state index < -0.39 is 0 Å². The third kappa shape index (κ3) is 2.72. The van der Waals surface area contributed by atoms with Gasteiger partial charge in [-0.15, -0.1) is 0 Å². The number of hydrogen-bond acceptors (Lipinski definition) is 5. The number of nitrogens with one attached hydrogen (secondary N) is 1. The minimum atomic E-state index is 0.122. The lowest BCUT2D eigenvalue weighted by Crippen LogP contribution is -2.46. The molecule has 1 fully saturated rings. The van der Waals surface area contributed by atoms with Gasteiger partial charge in [0, 0.05) is 29.9 Å². The standard InChI is InChI=1S/C15H20N4O/c1-16-15(7-3-2-4-8-15)10-13-18-14(19-20-13)12-6-5-9-17-11-12/h5-6,9,11,16H,2-4,7-8,10H2,1H3. The Kier molecular flexibility index (Phi) is 3.78. The molecule has 0 saturated heterocycles. The Labute approximate surface area is 118 Å². The van der Waals surface area contributed by atoms with E-state index in [0.29, 0.717) is 11.7 Å². The fraction of sp³-hybridized carbons (Fsp3) is 0.533. The first-order valence-electron chi connectivity index (χ1n) is 7.23. The molecule has 0 spiro atoms. The van der Waals surface area contributed by atoms with Crippen molar-refractivity contribution >= 4 is 0 Å². The molecule has 20 heavy (non-hydrogen) atoms. The minimum Gasteiger partial charge on any atom is -0.339 e. The lowest BCUT2D eigenvalue weighted by Gasteiger charge is -2.36. The summed E-state index contributed by atoms with van der Waals surface area (Å²) in [6.07, 6.45) is 10.5. The lowest BCUT2D eigenvalue weighted by atomic mass is 9.79. The largest absolute Gasteiger partial charge is 0.339 e. The molecule has 0 bridgehead atoms. The van der Waals surface area contributed by atoms with Crippen molar-refractivity contribution in [1.29, 1.82) is 0 Å². The van der Waals surface area contributed by atoms with Crippen molar-refractivity contribution in [2.45, 2.75) is 44.1 Å². The average Bonchev–Trinajstić information content (AvgIpc) is 2.97. The van der Waals surface area contributed by atoms with Crippen LogP contribution in [0.3, 0.4) is 0 Å². The van der Waals surface area contributed by atoms with Gasteiger partial charge in [-0.2, -0.15) is 4.98 Å². The molecule has 106 valence electrons. The second kappa shape index (κ2) is 5.71. The van der Waals surface area contributed by atoms with Crippen molar-refractivity contribution in [2.75, 3.05) is 7.05 Å². The zero-order valence-electron chi connectivity index (χ0n) is 11.8. The van der Waals surface area contributed by atoms with Crippen LogP contribution < -0.4 is 5.32 Å². The van der Waals surface area contributed by atoms with Crippen LogP contribution in [-0.2, 0) is 6.42 Å². The molecular formula is C15H20N4O. The Morgan fingerprint density at radius 3 is 2.85 bits per heavy atom. The second-order valence-electron chi connectivity index (χ2n) is 5.52. The van der Waals surface area contributed by atoms with E-state index in [-0.39, 0.29) is 5.54 Å². The monoisotopic (exact) mass is 272 g/mol. The van der Waals surface area contributed by atoms with Gasteiger partial charge in [0.25, 0.3) is 0 Å². The average molecular weight is 272 g/mol. The van der Waals surface area contributed by atoms with Crippen molar-refractivity contribution in [3.63, 3.8) is 0 Å². The van der Waals surface area contributed by atoms with Crippen molar-refractivity contribution in [3.05, 3.63) is 30.4 Å². The second-order valence-corrected chi connectivity index (χ2v) is 5.52. The summed E-state index contributed by atoms with van der Waals surface area (Å²) in [6, 6.07) is 3.82. The molecule has 0 unspecified atom stereocenters. The van der Waals surface area contributed by atoms with Gasteiger partial charge in [0.05, 0.1) is 0 Å². The maximum absolute atomic E-state index is 5.42. The first-order valence-corrected chi connectivity index (χ1v) is 7.23. The molecule has 0 aromatic carbocycles. The quantitative estimate of drug-likeness (QED) is 0.926. The third-order valence-corrected chi connectivity index (χ3v) is 4.22. The van der Waals surface area contributed by atoms with Gasteiger partial charge in [0.1, 0.15) is 0 Å². The van der Waals surface area contributed by atoms with Crippen LogP contribution in [0.15, 0.2) is 29.0 Å². The summed E-state index contributed by atoms with van der Waals surface area (Å²) in [5.41, 5.74) is 1.02. The third-order valence-electron chi connectivity index (χ3n) is 4.22. The van der Waals surface area contributed by atoms with Gasteiger partial charge >= 0.3 is 0 Å². The van der Waals surface area contributed by atoms with E-state index in [1.54, 1.807) is 12.4 Å². The highest BCUT2D eigenvalue weighted by Crippen LogP contribution is 2.31. The van der Waals surface area contributed by atoms with E-state index in [1.165, 1.54) is 32.1 Å². The van der Waals surface area contributed by atoms with Gasteiger partial charge in [-0.3, -0.25) is 4.98 Å². The van der Waals surface area contributed by atoms with Crippen LogP contribution in [0, 0.1) is 0 Å². The van der Waals surface area contributed by atoms with E-state index >= 15 is 0 Å². The number of likely N-dealkylation sites (N-methyl/N-ethyl adjacent to an activating group) is 1. The van der Waals surface area contributed by atoms with Crippen LogP contribution in [0.4, 0.5) is 0 Å². The zero-order chi connectivity index (χ0) is 13.8. The number of rotatable bonds is 4. The molecule has 1 aliphatic carbocycles. The van der Waals surface area contributed by atoms with Crippen molar-refractivity contribution in [2.24, 2.45) is 0 Å². The van der Waals surface area contributed by atoms with Gasteiger partial charge in [-0.25, -0.2) is 0 Å². The molecule has 3 rings (SSSR count). The topological polar surface area (TPSA) is 63.8 Å². The predicted octanol–water partition coefficient (Wildman–Crippen LogP) is 2.60. The first kappa shape index (κ1) is 13.2. The SMILES string of the molecule is CNC1(Cc2nc(-c3cccnc3)no2)CCCCC1. The first-order chi connectivity index (χ1) is 9.81. The van der Waals surface area contributed by atoms with Crippen LogP contribution in [0.2, 0.25) is 0 Å². The molecule has 5 heteroatoms. The molecule has 1 aliphatic rings. The van der Waals surface area contributed by atoms with Gasteiger partial charge in [-0.1, -0.05) is 24.4 Å². The van der Waals surface area contributed by atoms with Crippen molar-refractivity contribution in [3.8, 4) is 11.4 Å². The van der Waals surface area contributed by atoms with E-state index in [2.05, 4.69) is 20.4 Å². The van der Waals surface area contributed by atoms with E-state index in [4.69, 9.17) is 4.52 Å². The Morgan fingerprint density at radius 2 is 2.15 bits per heavy atom. The summed E-state index contributed by atoms with van der Waals surface area (Å²) in [4.78, 5) is 8.59. The highest BCUT2D eigenvalue weighted by atomic mass is 16.5.